The first-order valence-electron chi connectivity index (χ1n) is 34.4. The minimum atomic E-state index is -0.664. The summed E-state index contributed by atoms with van der Waals surface area (Å²) in [6.45, 7) is 4.99. The number of allylic oxidation sites excluding steroid dienone is 2. The lowest BCUT2D eigenvalue weighted by atomic mass is 10.0. The monoisotopic (exact) mass is 1060 g/mol. The van der Waals surface area contributed by atoms with Crippen molar-refractivity contribution < 1.29 is 24.5 Å². The molecule has 0 bridgehead atoms. The number of hydrogen-bond donors (Lipinski definition) is 3. The van der Waals surface area contributed by atoms with Crippen LogP contribution in [-0.2, 0) is 14.3 Å². The van der Waals surface area contributed by atoms with E-state index in [1.807, 2.05) is 0 Å². The first kappa shape index (κ1) is 73.6. The lowest BCUT2D eigenvalue weighted by Gasteiger charge is -2.22. The number of ether oxygens (including phenoxy) is 1. The van der Waals surface area contributed by atoms with Crippen LogP contribution in [0.25, 0.3) is 0 Å². The van der Waals surface area contributed by atoms with Crippen LogP contribution in [0.3, 0.4) is 0 Å². The van der Waals surface area contributed by atoms with Crippen molar-refractivity contribution in [1.82, 2.24) is 5.32 Å². The van der Waals surface area contributed by atoms with E-state index in [2.05, 4.69) is 31.3 Å². The zero-order chi connectivity index (χ0) is 54.3. The Labute approximate surface area is 469 Å². The Morgan fingerprint density at radius 1 is 0.360 bits per heavy atom. The van der Waals surface area contributed by atoms with Crippen LogP contribution in [0, 0.1) is 0 Å². The van der Waals surface area contributed by atoms with Crippen LogP contribution in [0.4, 0.5) is 0 Å². The van der Waals surface area contributed by atoms with E-state index < -0.39 is 12.1 Å². The average Bonchev–Trinajstić information content (AvgIpc) is 3.41. The molecule has 6 nitrogen and oxygen atoms in total. The summed E-state index contributed by atoms with van der Waals surface area (Å²) in [6.07, 6.45) is 79.6. The molecule has 0 aliphatic carbocycles. The number of esters is 1. The second-order valence-electron chi connectivity index (χ2n) is 23.9. The van der Waals surface area contributed by atoms with E-state index in [0.29, 0.717) is 25.9 Å². The van der Waals surface area contributed by atoms with Gasteiger partial charge in [-0.1, -0.05) is 341 Å². The van der Waals surface area contributed by atoms with E-state index >= 15 is 0 Å². The Bertz CT molecular complexity index is 1130. The van der Waals surface area contributed by atoms with Crippen LogP contribution in [0.5, 0.6) is 0 Å². The highest BCUT2D eigenvalue weighted by Gasteiger charge is 2.20. The number of unbranched alkanes of at least 4 members (excludes halogenated alkanes) is 52. The van der Waals surface area contributed by atoms with E-state index in [0.717, 1.165) is 44.9 Å². The summed E-state index contributed by atoms with van der Waals surface area (Å²) in [5.74, 6) is -0.0195. The third-order valence-electron chi connectivity index (χ3n) is 16.3. The smallest absolute Gasteiger partial charge is 0.305 e. The van der Waals surface area contributed by atoms with E-state index in [1.54, 1.807) is 0 Å². The Kier molecular flexibility index (Phi) is 63.9. The van der Waals surface area contributed by atoms with Gasteiger partial charge in [-0.3, -0.25) is 9.59 Å². The summed E-state index contributed by atoms with van der Waals surface area (Å²) < 4.78 is 5.50. The van der Waals surface area contributed by atoms with Crippen molar-refractivity contribution in [3.05, 3.63) is 12.2 Å². The van der Waals surface area contributed by atoms with Crippen molar-refractivity contribution in [3.63, 3.8) is 0 Å². The molecule has 0 aliphatic heterocycles. The van der Waals surface area contributed by atoms with Crippen molar-refractivity contribution in [3.8, 4) is 0 Å². The molecule has 0 rings (SSSR count). The Morgan fingerprint density at radius 3 is 0.947 bits per heavy atom. The number of carbonyl (C=O) groups excluding carboxylic acids is 2. The average molecular weight is 1060 g/mol. The van der Waals surface area contributed by atoms with Gasteiger partial charge >= 0.3 is 5.97 Å². The summed E-state index contributed by atoms with van der Waals surface area (Å²) >= 11 is 0. The molecule has 446 valence electrons. The first-order valence-corrected chi connectivity index (χ1v) is 34.4. The Balaban J connectivity index is 3.36. The molecule has 0 aromatic heterocycles. The van der Waals surface area contributed by atoms with Crippen LogP contribution in [0.2, 0.25) is 0 Å². The van der Waals surface area contributed by atoms with Gasteiger partial charge in [0.15, 0.2) is 0 Å². The van der Waals surface area contributed by atoms with Crippen LogP contribution in [-0.4, -0.2) is 47.4 Å². The summed E-state index contributed by atoms with van der Waals surface area (Å²) in [6, 6.07) is -0.542. The van der Waals surface area contributed by atoms with Crippen molar-refractivity contribution in [2.45, 2.75) is 405 Å². The lowest BCUT2D eigenvalue weighted by Crippen LogP contribution is -2.45. The number of aliphatic hydroxyl groups excluding tert-OH is 2. The molecule has 0 aromatic carbocycles. The van der Waals surface area contributed by atoms with E-state index in [1.165, 1.54) is 315 Å². The number of aliphatic hydroxyl groups is 2. The van der Waals surface area contributed by atoms with Gasteiger partial charge in [-0.15, -0.1) is 0 Å². The van der Waals surface area contributed by atoms with Gasteiger partial charge < -0.3 is 20.3 Å². The predicted octanol–water partition coefficient (Wildman–Crippen LogP) is 22.0. The van der Waals surface area contributed by atoms with Gasteiger partial charge in [0.2, 0.25) is 5.91 Å². The molecule has 1 amide bonds. The van der Waals surface area contributed by atoms with Gasteiger partial charge in [0, 0.05) is 12.8 Å². The third kappa shape index (κ3) is 61.7. The Morgan fingerprint density at radius 2 is 0.627 bits per heavy atom. The zero-order valence-electron chi connectivity index (χ0n) is 51.1. The summed E-state index contributed by atoms with van der Waals surface area (Å²) in [7, 11) is 0. The van der Waals surface area contributed by atoms with E-state index in [-0.39, 0.29) is 18.5 Å². The van der Waals surface area contributed by atoms with Gasteiger partial charge in [-0.25, -0.2) is 0 Å². The molecule has 3 N–H and O–H groups in total. The molecule has 75 heavy (non-hydrogen) atoms. The first-order chi connectivity index (χ1) is 37.0. The van der Waals surface area contributed by atoms with Gasteiger partial charge in [-0.2, -0.15) is 0 Å². The molecule has 0 aliphatic rings. The van der Waals surface area contributed by atoms with Crippen molar-refractivity contribution in [1.29, 1.82) is 0 Å². The van der Waals surface area contributed by atoms with E-state index in [4.69, 9.17) is 4.74 Å². The van der Waals surface area contributed by atoms with Crippen LogP contribution in [0.1, 0.15) is 393 Å². The van der Waals surface area contributed by atoms with Crippen molar-refractivity contribution in [2.24, 2.45) is 0 Å². The number of amides is 1. The number of hydrogen-bond acceptors (Lipinski definition) is 5. The molecule has 0 saturated heterocycles. The second kappa shape index (κ2) is 65.1. The lowest BCUT2D eigenvalue weighted by molar-refractivity contribution is -0.143. The highest BCUT2D eigenvalue weighted by molar-refractivity contribution is 5.76. The summed E-state index contributed by atoms with van der Waals surface area (Å²) in [5.41, 5.74) is 0. The number of nitrogens with one attached hydrogen (secondary N) is 1. The number of carbonyl (C=O) groups is 2. The normalized spacial score (nSPS) is 12.5. The SMILES string of the molecule is CCCCCCCCC/C=C\CCCCCCCCCC(=O)OCCCCCCCCCCCCCCCCCCCCCCCCC(=O)NC(CO)C(O)CCCCCCCCCCCCCCCCCCCC. The van der Waals surface area contributed by atoms with Crippen LogP contribution < -0.4 is 5.32 Å². The predicted molar refractivity (Wildman–Crippen MR) is 329 cm³/mol. The standard InChI is InChI=1S/C69H135NO5/c1-3-5-7-9-11-13-15-17-19-21-29-33-37-41-45-49-53-57-61-67(72)66(65-71)70-68(73)62-58-54-50-46-42-38-34-30-27-25-23-24-26-28-32-36-40-44-48-52-56-60-64-75-69(74)63-59-55-51-47-43-39-35-31-22-20-18-16-14-12-10-8-6-4-2/h20,22,66-67,71-72H,3-19,21,23-65H2,1-2H3,(H,70,73)/b22-20-. The maximum absolute atomic E-state index is 12.5. The maximum atomic E-state index is 12.5. The number of rotatable bonds is 65. The fraction of sp³-hybridized carbons (Fsp3) is 0.942. The van der Waals surface area contributed by atoms with Gasteiger partial charge in [0.25, 0.3) is 0 Å². The zero-order valence-corrected chi connectivity index (χ0v) is 51.1. The van der Waals surface area contributed by atoms with Gasteiger partial charge in [0.1, 0.15) is 0 Å². The Hall–Kier alpha value is -1.40. The minimum Gasteiger partial charge on any atom is -0.466 e. The maximum Gasteiger partial charge on any atom is 0.305 e. The molecule has 0 heterocycles. The largest absolute Gasteiger partial charge is 0.466 e. The summed E-state index contributed by atoms with van der Waals surface area (Å²) in [4.78, 5) is 24.6. The molecular weight excluding hydrogens is 923 g/mol. The van der Waals surface area contributed by atoms with Gasteiger partial charge in [0.05, 0.1) is 25.4 Å². The molecule has 2 unspecified atom stereocenters. The van der Waals surface area contributed by atoms with Crippen LogP contribution >= 0.6 is 0 Å². The molecular formula is C69H135NO5. The van der Waals surface area contributed by atoms with Crippen molar-refractivity contribution in [2.75, 3.05) is 13.2 Å². The van der Waals surface area contributed by atoms with Crippen LogP contribution in [0.15, 0.2) is 12.2 Å². The second-order valence-corrected chi connectivity index (χ2v) is 23.9. The highest BCUT2D eigenvalue weighted by Crippen LogP contribution is 2.19. The summed E-state index contributed by atoms with van der Waals surface area (Å²) in [5, 5.41) is 23.4. The fourth-order valence-corrected chi connectivity index (χ4v) is 11.1. The van der Waals surface area contributed by atoms with Crippen molar-refractivity contribution >= 4 is 11.9 Å². The molecule has 0 radical (unpaired) electrons. The highest BCUT2D eigenvalue weighted by atomic mass is 16.5. The topological polar surface area (TPSA) is 95.9 Å². The molecule has 0 saturated carbocycles. The van der Waals surface area contributed by atoms with Gasteiger partial charge in [-0.05, 0) is 51.4 Å². The minimum absolute atomic E-state index is 0.0116. The molecule has 0 spiro atoms. The third-order valence-corrected chi connectivity index (χ3v) is 16.3. The quantitative estimate of drug-likeness (QED) is 0.0320. The van der Waals surface area contributed by atoms with E-state index in [9.17, 15) is 19.8 Å². The molecule has 2 atom stereocenters. The molecule has 0 fully saturated rings. The fourth-order valence-electron chi connectivity index (χ4n) is 11.1. The molecule has 0 aromatic rings. The molecule has 6 heteroatoms.